The fourth-order valence-electron chi connectivity index (χ4n) is 1.80. The minimum absolute atomic E-state index is 0.00347. The van der Waals surface area contributed by atoms with Gasteiger partial charge in [0.05, 0.1) is 0 Å². The van der Waals surface area contributed by atoms with E-state index in [1.54, 1.807) is 4.90 Å². The average molecular weight is 259 g/mol. The molecule has 0 aliphatic rings. The molecular formula is C13H17N5O. The van der Waals surface area contributed by atoms with Crippen LogP contribution < -0.4 is 5.73 Å². The standard InChI is InChI=1S/C13H17N5O/c1-2-17(8-11-6-4-3-5-7-11)12(19)9-18-10-15-13(14)16-18/h3-7,10H,2,8-9H2,1H3,(H2,14,16). The molecule has 19 heavy (non-hydrogen) atoms. The first-order chi connectivity index (χ1) is 9.19. The normalized spacial score (nSPS) is 10.4. The second-order valence-corrected chi connectivity index (χ2v) is 4.19. The first-order valence-corrected chi connectivity index (χ1v) is 6.15. The smallest absolute Gasteiger partial charge is 0.244 e. The number of carbonyl (C=O) groups excluding carboxylic acids is 1. The Labute approximate surface area is 111 Å². The van der Waals surface area contributed by atoms with Crippen molar-refractivity contribution >= 4 is 11.9 Å². The summed E-state index contributed by atoms with van der Waals surface area (Å²) in [6.45, 7) is 3.36. The Hall–Kier alpha value is -2.37. The molecule has 6 heteroatoms. The first kappa shape index (κ1) is 13.1. The van der Waals surface area contributed by atoms with E-state index in [1.807, 2.05) is 37.3 Å². The molecule has 6 nitrogen and oxygen atoms in total. The monoisotopic (exact) mass is 259 g/mol. The van der Waals surface area contributed by atoms with Crippen LogP contribution in [0.1, 0.15) is 12.5 Å². The van der Waals surface area contributed by atoms with Crippen molar-refractivity contribution in [1.29, 1.82) is 0 Å². The Morgan fingerprint density at radius 2 is 2.11 bits per heavy atom. The molecule has 0 saturated carbocycles. The number of amides is 1. The fourth-order valence-corrected chi connectivity index (χ4v) is 1.80. The van der Waals surface area contributed by atoms with Gasteiger partial charge in [0.2, 0.25) is 11.9 Å². The number of nitrogens with zero attached hydrogens (tertiary/aromatic N) is 4. The topological polar surface area (TPSA) is 77.0 Å². The highest BCUT2D eigenvalue weighted by molar-refractivity contribution is 5.75. The van der Waals surface area contributed by atoms with Gasteiger partial charge in [-0.05, 0) is 12.5 Å². The molecule has 1 heterocycles. The van der Waals surface area contributed by atoms with E-state index in [0.717, 1.165) is 5.56 Å². The molecule has 1 amide bonds. The lowest BCUT2D eigenvalue weighted by molar-refractivity contribution is -0.132. The van der Waals surface area contributed by atoms with E-state index < -0.39 is 0 Å². The van der Waals surface area contributed by atoms with Crippen molar-refractivity contribution in [2.24, 2.45) is 0 Å². The summed E-state index contributed by atoms with van der Waals surface area (Å²) in [5.41, 5.74) is 6.53. The average Bonchev–Trinajstić information content (AvgIpc) is 2.82. The Bertz CT molecular complexity index is 537. The van der Waals surface area contributed by atoms with E-state index in [1.165, 1.54) is 11.0 Å². The van der Waals surface area contributed by atoms with Crippen molar-refractivity contribution < 1.29 is 4.79 Å². The summed E-state index contributed by atoms with van der Waals surface area (Å²) < 4.78 is 1.45. The van der Waals surface area contributed by atoms with Crippen molar-refractivity contribution in [3.8, 4) is 0 Å². The van der Waals surface area contributed by atoms with Crippen molar-refractivity contribution in [3.05, 3.63) is 42.2 Å². The van der Waals surface area contributed by atoms with Crippen molar-refractivity contribution in [3.63, 3.8) is 0 Å². The largest absolute Gasteiger partial charge is 0.367 e. The minimum Gasteiger partial charge on any atom is -0.367 e. The number of nitrogens with two attached hydrogens (primary N) is 1. The van der Waals surface area contributed by atoms with Crippen LogP contribution in [0, 0.1) is 0 Å². The van der Waals surface area contributed by atoms with Crippen molar-refractivity contribution in [2.45, 2.75) is 20.0 Å². The maximum atomic E-state index is 12.2. The number of aromatic nitrogens is 3. The number of hydrogen-bond donors (Lipinski definition) is 1. The first-order valence-electron chi connectivity index (χ1n) is 6.15. The molecule has 1 aromatic heterocycles. The molecule has 0 spiro atoms. The summed E-state index contributed by atoms with van der Waals surface area (Å²) in [6.07, 6.45) is 1.46. The fraction of sp³-hybridized carbons (Fsp3) is 0.308. The van der Waals surface area contributed by atoms with Gasteiger partial charge in [-0.15, -0.1) is 5.10 Å². The lowest BCUT2D eigenvalue weighted by atomic mass is 10.2. The molecule has 0 atom stereocenters. The SMILES string of the molecule is CCN(Cc1ccccc1)C(=O)Cn1cnc(N)n1. The molecule has 2 N–H and O–H groups in total. The van der Waals surface area contributed by atoms with Crippen molar-refractivity contribution in [2.75, 3.05) is 12.3 Å². The third-order valence-corrected chi connectivity index (χ3v) is 2.80. The van der Waals surface area contributed by atoms with Gasteiger partial charge in [0.25, 0.3) is 0 Å². The Balaban J connectivity index is 1.99. The molecule has 2 rings (SSSR count). The summed E-state index contributed by atoms with van der Waals surface area (Å²) in [5, 5.41) is 3.91. The van der Waals surface area contributed by atoms with Gasteiger partial charge in [0.15, 0.2) is 0 Å². The van der Waals surface area contributed by atoms with E-state index in [2.05, 4.69) is 10.1 Å². The van der Waals surface area contributed by atoms with Crippen LogP contribution in [-0.2, 0) is 17.9 Å². The van der Waals surface area contributed by atoms with Crippen LogP contribution in [0.2, 0.25) is 0 Å². The molecule has 2 aromatic rings. The lowest BCUT2D eigenvalue weighted by Crippen LogP contribution is -2.33. The molecule has 0 saturated heterocycles. The third kappa shape index (κ3) is 3.54. The number of nitrogen functional groups attached to an aromatic ring is 1. The molecule has 0 aliphatic carbocycles. The van der Waals surface area contributed by atoms with Gasteiger partial charge in [-0.3, -0.25) is 4.79 Å². The van der Waals surface area contributed by atoms with Gasteiger partial charge in [-0.1, -0.05) is 30.3 Å². The number of hydrogen-bond acceptors (Lipinski definition) is 4. The van der Waals surface area contributed by atoms with Crippen LogP contribution in [0.15, 0.2) is 36.7 Å². The van der Waals surface area contributed by atoms with Gasteiger partial charge < -0.3 is 10.6 Å². The van der Waals surface area contributed by atoms with Crippen LogP contribution in [0.25, 0.3) is 0 Å². The van der Waals surface area contributed by atoms with Gasteiger partial charge in [0, 0.05) is 13.1 Å². The lowest BCUT2D eigenvalue weighted by Gasteiger charge is -2.20. The number of benzene rings is 1. The number of rotatable bonds is 5. The van der Waals surface area contributed by atoms with Gasteiger partial charge in [0.1, 0.15) is 12.9 Å². The highest BCUT2D eigenvalue weighted by Crippen LogP contribution is 2.05. The van der Waals surface area contributed by atoms with Crippen LogP contribution in [0.5, 0.6) is 0 Å². The molecule has 0 fully saturated rings. The highest BCUT2D eigenvalue weighted by atomic mass is 16.2. The number of carbonyl (C=O) groups is 1. The second-order valence-electron chi connectivity index (χ2n) is 4.19. The van der Waals surface area contributed by atoms with E-state index in [0.29, 0.717) is 13.1 Å². The zero-order valence-corrected chi connectivity index (χ0v) is 10.9. The summed E-state index contributed by atoms with van der Waals surface area (Å²) in [6, 6.07) is 9.89. The maximum Gasteiger partial charge on any atom is 0.244 e. The summed E-state index contributed by atoms with van der Waals surface area (Å²) >= 11 is 0. The number of likely N-dealkylation sites (N-methyl/N-ethyl adjacent to an activating group) is 1. The van der Waals surface area contributed by atoms with Crippen LogP contribution in [0.3, 0.4) is 0 Å². The quantitative estimate of drug-likeness (QED) is 0.865. The van der Waals surface area contributed by atoms with E-state index in [4.69, 9.17) is 5.73 Å². The summed E-state index contributed by atoms with van der Waals surface area (Å²) in [4.78, 5) is 17.7. The Morgan fingerprint density at radius 3 is 2.68 bits per heavy atom. The van der Waals surface area contributed by atoms with Gasteiger partial charge in [-0.2, -0.15) is 0 Å². The predicted molar refractivity (Wildman–Crippen MR) is 72.0 cm³/mol. The Kier molecular flexibility index (Phi) is 4.12. The van der Waals surface area contributed by atoms with Crippen LogP contribution >= 0.6 is 0 Å². The third-order valence-electron chi connectivity index (χ3n) is 2.80. The maximum absolute atomic E-state index is 12.2. The van der Waals surface area contributed by atoms with E-state index in [9.17, 15) is 4.79 Å². The molecule has 0 aliphatic heterocycles. The predicted octanol–water partition coefficient (Wildman–Crippen LogP) is 0.909. The number of anilines is 1. The van der Waals surface area contributed by atoms with Crippen LogP contribution in [-0.4, -0.2) is 32.1 Å². The summed E-state index contributed by atoms with van der Waals surface area (Å²) in [7, 11) is 0. The molecule has 0 bridgehead atoms. The van der Waals surface area contributed by atoms with E-state index >= 15 is 0 Å². The molecular weight excluding hydrogens is 242 g/mol. The zero-order valence-electron chi connectivity index (χ0n) is 10.9. The van der Waals surface area contributed by atoms with Crippen molar-refractivity contribution in [1.82, 2.24) is 19.7 Å². The highest BCUT2D eigenvalue weighted by Gasteiger charge is 2.13. The van der Waals surface area contributed by atoms with Gasteiger partial charge in [-0.25, -0.2) is 9.67 Å². The molecule has 1 aromatic carbocycles. The molecule has 0 unspecified atom stereocenters. The summed E-state index contributed by atoms with van der Waals surface area (Å²) in [5.74, 6) is 0.176. The van der Waals surface area contributed by atoms with E-state index in [-0.39, 0.29) is 18.4 Å². The Morgan fingerprint density at radius 1 is 1.37 bits per heavy atom. The zero-order chi connectivity index (χ0) is 13.7. The second kappa shape index (κ2) is 5.99. The molecule has 0 radical (unpaired) electrons. The van der Waals surface area contributed by atoms with Crippen LogP contribution in [0.4, 0.5) is 5.95 Å². The molecule has 100 valence electrons. The van der Waals surface area contributed by atoms with Gasteiger partial charge >= 0.3 is 0 Å². The minimum atomic E-state index is -0.00347.